The number of nitrogens with zero attached hydrogens (tertiary/aromatic N) is 4. The smallest absolute Gasteiger partial charge is 0.283 e. The quantitative estimate of drug-likeness (QED) is 0.762. The highest BCUT2D eigenvalue weighted by atomic mass is 16.2. The highest BCUT2D eigenvalue weighted by Crippen LogP contribution is 2.12. The van der Waals surface area contributed by atoms with Crippen molar-refractivity contribution in [3.05, 3.63) is 24.5 Å². The summed E-state index contributed by atoms with van der Waals surface area (Å²) in [6, 6.07) is 3.46. The zero-order valence-electron chi connectivity index (χ0n) is 8.29. The van der Waals surface area contributed by atoms with Crippen LogP contribution < -0.4 is 10.4 Å². The molecule has 78 valence electrons. The van der Waals surface area contributed by atoms with Crippen molar-refractivity contribution in [2.24, 2.45) is 5.10 Å². The molecule has 2 heterocycles. The van der Waals surface area contributed by atoms with Crippen LogP contribution in [0.2, 0.25) is 0 Å². The molecule has 1 aromatic heterocycles. The van der Waals surface area contributed by atoms with Gasteiger partial charge in [0.2, 0.25) is 0 Å². The van der Waals surface area contributed by atoms with Crippen LogP contribution in [0.4, 0.5) is 10.5 Å². The lowest BCUT2D eigenvalue weighted by Gasteiger charge is -2.33. The van der Waals surface area contributed by atoms with Gasteiger partial charge in [0.1, 0.15) is 0 Å². The van der Waals surface area contributed by atoms with Crippen LogP contribution in [0.25, 0.3) is 0 Å². The standard InChI is InChI=1S/C9H11N5O/c1-13(8-3-2-4-10-7-8)14-6-5-11-12-9(14)15/h2-5,7H,6H2,1H3,(H,12,15). The molecule has 0 aliphatic carbocycles. The largest absolute Gasteiger partial charge is 0.356 e. The zero-order chi connectivity index (χ0) is 10.7. The number of anilines is 1. The van der Waals surface area contributed by atoms with Crippen LogP contribution in [-0.4, -0.2) is 35.8 Å². The number of nitrogens with one attached hydrogen (secondary N) is 1. The Bertz CT molecular complexity index is 377. The van der Waals surface area contributed by atoms with Crippen LogP contribution in [-0.2, 0) is 0 Å². The van der Waals surface area contributed by atoms with E-state index in [1.54, 1.807) is 30.7 Å². The predicted octanol–water partition coefficient (Wildman–Crippen LogP) is 0.444. The summed E-state index contributed by atoms with van der Waals surface area (Å²) >= 11 is 0. The maximum Gasteiger partial charge on any atom is 0.356 e. The summed E-state index contributed by atoms with van der Waals surface area (Å²) in [5, 5.41) is 6.94. The first-order valence-corrected chi connectivity index (χ1v) is 4.52. The first kappa shape index (κ1) is 9.45. The van der Waals surface area contributed by atoms with Crippen molar-refractivity contribution in [2.45, 2.75) is 0 Å². The molecule has 6 nitrogen and oxygen atoms in total. The van der Waals surface area contributed by atoms with Gasteiger partial charge in [0.15, 0.2) is 0 Å². The van der Waals surface area contributed by atoms with Crippen molar-refractivity contribution in [3.8, 4) is 0 Å². The molecule has 1 aliphatic heterocycles. The van der Waals surface area contributed by atoms with E-state index in [1.165, 1.54) is 5.01 Å². The molecular weight excluding hydrogens is 194 g/mol. The summed E-state index contributed by atoms with van der Waals surface area (Å²) in [4.78, 5) is 15.4. The molecule has 15 heavy (non-hydrogen) atoms. The fourth-order valence-corrected chi connectivity index (χ4v) is 1.30. The van der Waals surface area contributed by atoms with Crippen molar-refractivity contribution in [1.82, 2.24) is 15.4 Å². The molecule has 0 saturated heterocycles. The second-order valence-corrected chi connectivity index (χ2v) is 3.05. The van der Waals surface area contributed by atoms with Crippen molar-refractivity contribution in [1.29, 1.82) is 0 Å². The third-order valence-electron chi connectivity index (χ3n) is 2.12. The van der Waals surface area contributed by atoms with Crippen LogP contribution in [0.5, 0.6) is 0 Å². The molecular formula is C9H11N5O. The number of amides is 2. The minimum atomic E-state index is -0.246. The van der Waals surface area contributed by atoms with Crippen LogP contribution in [0.1, 0.15) is 0 Å². The van der Waals surface area contributed by atoms with Crippen LogP contribution in [0.3, 0.4) is 0 Å². The van der Waals surface area contributed by atoms with Crippen LogP contribution in [0.15, 0.2) is 29.6 Å². The Morgan fingerprint density at radius 1 is 1.60 bits per heavy atom. The molecule has 0 bridgehead atoms. The third-order valence-corrected chi connectivity index (χ3v) is 2.12. The van der Waals surface area contributed by atoms with Gasteiger partial charge in [-0.25, -0.2) is 15.2 Å². The predicted molar refractivity (Wildman–Crippen MR) is 56.4 cm³/mol. The number of carbonyl (C=O) groups is 1. The highest BCUT2D eigenvalue weighted by Gasteiger charge is 2.19. The first-order chi connectivity index (χ1) is 7.29. The van der Waals surface area contributed by atoms with Crippen molar-refractivity contribution in [3.63, 3.8) is 0 Å². The third kappa shape index (κ3) is 1.88. The van der Waals surface area contributed by atoms with E-state index >= 15 is 0 Å². The number of hydrazone groups is 1. The average Bonchev–Trinajstić information content (AvgIpc) is 2.30. The normalized spacial score (nSPS) is 15.0. The lowest BCUT2D eigenvalue weighted by atomic mass is 10.4. The molecule has 0 atom stereocenters. The number of rotatable bonds is 2. The molecule has 0 radical (unpaired) electrons. The van der Waals surface area contributed by atoms with E-state index in [9.17, 15) is 4.79 Å². The second-order valence-electron chi connectivity index (χ2n) is 3.05. The maximum absolute atomic E-state index is 11.4. The van der Waals surface area contributed by atoms with Gasteiger partial charge in [-0.1, -0.05) is 0 Å². The summed E-state index contributed by atoms with van der Waals surface area (Å²) in [6.07, 6.45) is 5.02. The van der Waals surface area contributed by atoms with E-state index in [0.717, 1.165) is 5.69 Å². The van der Waals surface area contributed by atoms with Crippen molar-refractivity contribution in [2.75, 3.05) is 18.6 Å². The number of hydrogen-bond acceptors (Lipinski definition) is 4. The Morgan fingerprint density at radius 2 is 2.47 bits per heavy atom. The summed E-state index contributed by atoms with van der Waals surface area (Å²) < 4.78 is 0. The molecule has 0 saturated carbocycles. The molecule has 0 fully saturated rings. The highest BCUT2D eigenvalue weighted by molar-refractivity contribution is 5.82. The number of urea groups is 1. The topological polar surface area (TPSA) is 60.8 Å². The van der Waals surface area contributed by atoms with Gasteiger partial charge >= 0.3 is 6.03 Å². The molecule has 0 spiro atoms. The van der Waals surface area contributed by atoms with Gasteiger partial charge in [0, 0.05) is 19.5 Å². The van der Waals surface area contributed by atoms with E-state index in [4.69, 9.17) is 0 Å². The lowest BCUT2D eigenvalue weighted by Crippen LogP contribution is -2.51. The number of pyridine rings is 1. The minimum Gasteiger partial charge on any atom is -0.283 e. The van der Waals surface area contributed by atoms with E-state index in [1.807, 2.05) is 12.1 Å². The van der Waals surface area contributed by atoms with Gasteiger partial charge in [-0.05, 0) is 12.1 Å². The van der Waals surface area contributed by atoms with Gasteiger partial charge in [-0.3, -0.25) is 9.99 Å². The van der Waals surface area contributed by atoms with E-state index in [2.05, 4.69) is 15.5 Å². The zero-order valence-corrected chi connectivity index (χ0v) is 8.29. The Labute approximate surface area is 87.2 Å². The van der Waals surface area contributed by atoms with Crippen molar-refractivity contribution >= 4 is 17.9 Å². The monoisotopic (exact) mass is 205 g/mol. The van der Waals surface area contributed by atoms with Gasteiger partial charge in [0.05, 0.1) is 18.4 Å². The number of hydrazine groups is 1. The maximum atomic E-state index is 11.4. The van der Waals surface area contributed by atoms with Crippen molar-refractivity contribution < 1.29 is 4.79 Å². The van der Waals surface area contributed by atoms with Gasteiger partial charge in [-0.15, -0.1) is 0 Å². The molecule has 1 N–H and O–H groups in total. The Morgan fingerprint density at radius 3 is 3.13 bits per heavy atom. The van der Waals surface area contributed by atoms with Crippen LogP contribution >= 0.6 is 0 Å². The van der Waals surface area contributed by atoms with Crippen LogP contribution in [0, 0.1) is 0 Å². The molecule has 2 rings (SSSR count). The molecule has 2 amide bonds. The van der Waals surface area contributed by atoms with Gasteiger partial charge in [-0.2, -0.15) is 5.10 Å². The molecule has 0 aromatic carbocycles. The van der Waals surface area contributed by atoms with E-state index in [0.29, 0.717) is 6.54 Å². The SMILES string of the molecule is CN(c1cccnc1)N1CC=NNC1=O. The summed E-state index contributed by atoms with van der Waals surface area (Å²) in [5.74, 6) is 0. The molecule has 0 unspecified atom stereocenters. The minimum absolute atomic E-state index is 0.246. The van der Waals surface area contributed by atoms with Gasteiger partial charge < -0.3 is 0 Å². The second kappa shape index (κ2) is 3.95. The first-order valence-electron chi connectivity index (χ1n) is 4.52. The molecule has 6 heteroatoms. The fraction of sp³-hybridized carbons (Fsp3) is 0.222. The number of carbonyl (C=O) groups excluding carboxylic acids is 1. The fourth-order valence-electron chi connectivity index (χ4n) is 1.30. The van der Waals surface area contributed by atoms with E-state index in [-0.39, 0.29) is 6.03 Å². The Kier molecular flexibility index (Phi) is 2.49. The Hall–Kier alpha value is -2.11. The lowest BCUT2D eigenvalue weighted by molar-refractivity contribution is 0.200. The van der Waals surface area contributed by atoms with Gasteiger partial charge in [0.25, 0.3) is 0 Å². The Balaban J connectivity index is 2.17. The number of hydrogen-bond donors (Lipinski definition) is 1. The molecule has 1 aromatic rings. The summed E-state index contributed by atoms with van der Waals surface area (Å²) in [7, 11) is 1.80. The summed E-state index contributed by atoms with van der Waals surface area (Å²) in [6.45, 7) is 0.456. The summed E-state index contributed by atoms with van der Waals surface area (Å²) in [5.41, 5.74) is 3.23. The van der Waals surface area contributed by atoms with E-state index < -0.39 is 0 Å². The molecule has 1 aliphatic rings. The average molecular weight is 205 g/mol. The number of aromatic nitrogens is 1.